The molecule has 0 unspecified atom stereocenters. The molecule has 25 heavy (non-hydrogen) atoms. The molecule has 134 valence electrons. The highest BCUT2D eigenvalue weighted by Gasteiger charge is 2.26. The van der Waals surface area contributed by atoms with E-state index in [1.54, 1.807) is 0 Å². The number of hydrogen-bond acceptors (Lipinski definition) is 3. The second-order valence-electron chi connectivity index (χ2n) is 5.03. The predicted octanol–water partition coefficient (Wildman–Crippen LogP) is 2.75. The number of anilines is 1. The van der Waals surface area contributed by atoms with Gasteiger partial charge in [-0.3, -0.25) is 4.79 Å². The summed E-state index contributed by atoms with van der Waals surface area (Å²) < 4.78 is 65.8. The fourth-order valence-electron chi connectivity index (χ4n) is 2.08. The van der Waals surface area contributed by atoms with E-state index in [1.807, 2.05) is 5.32 Å². The molecule has 1 amide bonds. The summed E-state index contributed by atoms with van der Waals surface area (Å²) >= 11 is 0. The first kappa shape index (κ1) is 18.9. The number of carbonyl (C=O) groups is 1. The van der Waals surface area contributed by atoms with E-state index in [4.69, 9.17) is 0 Å². The van der Waals surface area contributed by atoms with Crippen LogP contribution in [0.1, 0.15) is 6.92 Å². The molecule has 0 aliphatic rings. The lowest BCUT2D eigenvalue weighted by atomic mass is 10.3. The first-order valence-electron chi connectivity index (χ1n) is 7.25. The maximum atomic E-state index is 13.5. The fourth-order valence-corrected chi connectivity index (χ4v) is 3.48. The first-order valence-corrected chi connectivity index (χ1v) is 8.69. The van der Waals surface area contributed by atoms with Crippen LogP contribution in [0, 0.1) is 17.5 Å². The summed E-state index contributed by atoms with van der Waals surface area (Å²) in [6.45, 7) is 0.787. The highest BCUT2D eigenvalue weighted by Crippen LogP contribution is 2.19. The van der Waals surface area contributed by atoms with E-state index >= 15 is 0 Å². The van der Waals surface area contributed by atoms with Crippen LogP contribution in [-0.4, -0.2) is 31.7 Å². The summed E-state index contributed by atoms with van der Waals surface area (Å²) in [6.07, 6.45) is 0. The van der Waals surface area contributed by atoms with Gasteiger partial charge in [0.2, 0.25) is 15.9 Å². The molecule has 0 saturated carbocycles. The van der Waals surface area contributed by atoms with Gasteiger partial charge in [0.05, 0.1) is 11.4 Å². The number of nitrogens with one attached hydrogen (secondary N) is 1. The minimum atomic E-state index is -4.06. The Kier molecular flexibility index (Phi) is 5.81. The zero-order chi connectivity index (χ0) is 18.6. The number of amides is 1. The Bertz CT molecular complexity index is 850. The molecule has 0 fully saturated rings. The van der Waals surface area contributed by atoms with Gasteiger partial charge in [-0.2, -0.15) is 4.31 Å². The highest BCUT2D eigenvalue weighted by molar-refractivity contribution is 7.89. The molecule has 1 N–H and O–H groups in total. The van der Waals surface area contributed by atoms with Crippen LogP contribution in [-0.2, 0) is 14.8 Å². The van der Waals surface area contributed by atoms with Crippen LogP contribution in [0.5, 0.6) is 0 Å². The minimum absolute atomic E-state index is 0.0626. The Morgan fingerprint density at radius 3 is 2.12 bits per heavy atom. The number of para-hydroxylation sites is 1. The summed E-state index contributed by atoms with van der Waals surface area (Å²) in [5.41, 5.74) is -0.650. The molecule has 2 aromatic rings. The Morgan fingerprint density at radius 2 is 1.60 bits per heavy atom. The molecule has 0 aliphatic carbocycles. The molecule has 0 atom stereocenters. The molecular formula is C16H15F3N2O3S. The summed E-state index contributed by atoms with van der Waals surface area (Å²) in [5, 5.41) is 2.02. The summed E-state index contributed by atoms with van der Waals surface area (Å²) in [6, 6.07) is 7.17. The quantitative estimate of drug-likeness (QED) is 0.848. The molecular weight excluding hydrogens is 357 g/mol. The van der Waals surface area contributed by atoms with E-state index in [2.05, 4.69) is 0 Å². The summed E-state index contributed by atoms with van der Waals surface area (Å²) in [7, 11) is -4.06. The van der Waals surface area contributed by atoms with Gasteiger partial charge in [0.15, 0.2) is 0 Å². The van der Waals surface area contributed by atoms with Gasteiger partial charge in [0.25, 0.3) is 0 Å². The van der Waals surface area contributed by atoms with Crippen molar-refractivity contribution in [3.63, 3.8) is 0 Å². The Labute approximate surface area is 143 Å². The van der Waals surface area contributed by atoms with Gasteiger partial charge in [-0.05, 0) is 36.4 Å². The largest absolute Gasteiger partial charge is 0.320 e. The van der Waals surface area contributed by atoms with Crippen molar-refractivity contribution in [2.45, 2.75) is 11.8 Å². The van der Waals surface area contributed by atoms with E-state index in [9.17, 15) is 26.4 Å². The molecule has 0 radical (unpaired) electrons. The SMILES string of the molecule is CCN(CC(=O)Nc1c(F)cccc1F)S(=O)(=O)c1ccc(F)cc1. The van der Waals surface area contributed by atoms with Crippen LogP contribution in [0.3, 0.4) is 0 Å². The molecule has 0 heterocycles. The van der Waals surface area contributed by atoms with Crippen molar-refractivity contribution in [1.82, 2.24) is 4.31 Å². The van der Waals surface area contributed by atoms with Crippen molar-refractivity contribution in [2.24, 2.45) is 0 Å². The van der Waals surface area contributed by atoms with Gasteiger partial charge in [-0.1, -0.05) is 13.0 Å². The number of halogens is 3. The normalized spacial score (nSPS) is 11.6. The standard InChI is InChI=1S/C16H15F3N2O3S/c1-2-21(25(23,24)12-8-6-11(17)7-9-12)10-15(22)20-16-13(18)4-3-5-14(16)19/h3-9H,2,10H2,1H3,(H,20,22). The fraction of sp³-hybridized carbons (Fsp3) is 0.188. The smallest absolute Gasteiger partial charge is 0.243 e. The van der Waals surface area contributed by atoms with Gasteiger partial charge >= 0.3 is 0 Å². The van der Waals surface area contributed by atoms with Gasteiger partial charge in [-0.25, -0.2) is 21.6 Å². The van der Waals surface area contributed by atoms with Crippen molar-refractivity contribution >= 4 is 21.6 Å². The lowest BCUT2D eigenvalue weighted by Crippen LogP contribution is -2.38. The van der Waals surface area contributed by atoms with Crippen LogP contribution >= 0.6 is 0 Å². The third-order valence-electron chi connectivity index (χ3n) is 3.35. The number of rotatable bonds is 6. The number of benzene rings is 2. The zero-order valence-corrected chi connectivity index (χ0v) is 14.0. The van der Waals surface area contributed by atoms with Crippen molar-refractivity contribution in [3.8, 4) is 0 Å². The van der Waals surface area contributed by atoms with Gasteiger partial charge in [0, 0.05) is 6.54 Å². The molecule has 0 bridgehead atoms. The van der Waals surface area contributed by atoms with Gasteiger partial charge in [0.1, 0.15) is 23.1 Å². The van der Waals surface area contributed by atoms with Crippen molar-refractivity contribution < 1.29 is 26.4 Å². The van der Waals surface area contributed by atoms with Crippen molar-refractivity contribution in [2.75, 3.05) is 18.4 Å². The van der Waals surface area contributed by atoms with Crippen LogP contribution in [0.4, 0.5) is 18.9 Å². The molecule has 0 spiro atoms. The number of nitrogens with zero attached hydrogens (tertiary/aromatic N) is 1. The number of carbonyl (C=O) groups excluding carboxylic acids is 1. The monoisotopic (exact) mass is 372 g/mol. The van der Waals surface area contributed by atoms with Crippen LogP contribution in [0.2, 0.25) is 0 Å². The first-order chi connectivity index (χ1) is 11.8. The summed E-state index contributed by atoms with van der Waals surface area (Å²) in [4.78, 5) is 11.8. The lowest BCUT2D eigenvalue weighted by Gasteiger charge is -2.20. The van der Waals surface area contributed by atoms with Gasteiger partial charge in [-0.15, -0.1) is 0 Å². The third kappa shape index (κ3) is 4.37. The summed E-state index contributed by atoms with van der Waals surface area (Å²) in [5.74, 6) is -3.46. The molecule has 0 aromatic heterocycles. The van der Waals surface area contributed by atoms with Gasteiger partial charge < -0.3 is 5.32 Å². The lowest BCUT2D eigenvalue weighted by molar-refractivity contribution is -0.116. The predicted molar refractivity (Wildman–Crippen MR) is 85.8 cm³/mol. The van der Waals surface area contributed by atoms with Crippen LogP contribution in [0.25, 0.3) is 0 Å². The molecule has 2 rings (SSSR count). The Morgan fingerprint density at radius 1 is 1.04 bits per heavy atom. The second-order valence-corrected chi connectivity index (χ2v) is 6.97. The molecule has 0 saturated heterocycles. The van der Waals surface area contributed by atoms with Crippen molar-refractivity contribution in [3.05, 3.63) is 59.9 Å². The molecule has 5 nitrogen and oxygen atoms in total. The zero-order valence-electron chi connectivity index (χ0n) is 13.2. The Hall–Kier alpha value is -2.39. The average molecular weight is 372 g/mol. The highest BCUT2D eigenvalue weighted by atomic mass is 32.2. The average Bonchev–Trinajstić information content (AvgIpc) is 2.56. The van der Waals surface area contributed by atoms with E-state index in [-0.39, 0.29) is 11.4 Å². The number of sulfonamides is 1. The van der Waals surface area contributed by atoms with Crippen LogP contribution < -0.4 is 5.32 Å². The second kappa shape index (κ2) is 7.66. The molecule has 2 aromatic carbocycles. The van der Waals surface area contributed by atoms with Crippen molar-refractivity contribution in [1.29, 1.82) is 0 Å². The van der Waals surface area contributed by atoms with E-state index in [0.29, 0.717) is 0 Å². The minimum Gasteiger partial charge on any atom is -0.320 e. The Balaban J connectivity index is 2.18. The number of hydrogen-bond donors (Lipinski definition) is 1. The third-order valence-corrected chi connectivity index (χ3v) is 5.29. The molecule has 0 aliphatic heterocycles. The maximum absolute atomic E-state index is 13.5. The van der Waals surface area contributed by atoms with E-state index < -0.39 is 45.6 Å². The number of likely N-dealkylation sites (N-methyl/N-ethyl adjacent to an activating group) is 1. The topological polar surface area (TPSA) is 66.5 Å². The van der Waals surface area contributed by atoms with E-state index in [1.165, 1.54) is 6.92 Å². The van der Waals surface area contributed by atoms with E-state index in [0.717, 1.165) is 46.8 Å². The molecule has 9 heteroatoms. The maximum Gasteiger partial charge on any atom is 0.243 e. The van der Waals surface area contributed by atoms with Crippen LogP contribution in [0.15, 0.2) is 47.4 Å².